The van der Waals surface area contributed by atoms with Crippen LogP contribution in [0.1, 0.15) is 48.0 Å². The van der Waals surface area contributed by atoms with E-state index in [2.05, 4.69) is 66.0 Å². The van der Waals surface area contributed by atoms with Crippen LogP contribution >= 0.6 is 0 Å². The molecule has 4 rings (SSSR count). The first-order chi connectivity index (χ1) is 16.0. The van der Waals surface area contributed by atoms with Gasteiger partial charge in [0, 0.05) is 47.6 Å². The lowest BCUT2D eigenvalue weighted by Gasteiger charge is -2.20. The summed E-state index contributed by atoms with van der Waals surface area (Å²) in [6, 6.07) is 18.6. The van der Waals surface area contributed by atoms with Crippen LogP contribution in [-0.4, -0.2) is 21.8 Å². The average molecular weight is 438 g/mol. The summed E-state index contributed by atoms with van der Waals surface area (Å²) in [6.07, 6.45) is 7.67. The van der Waals surface area contributed by atoms with Gasteiger partial charge >= 0.3 is 0 Å². The number of anilines is 1. The summed E-state index contributed by atoms with van der Waals surface area (Å²) in [4.78, 5) is 9.38. The Balaban J connectivity index is 1.43. The van der Waals surface area contributed by atoms with Gasteiger partial charge in [-0.15, -0.1) is 0 Å². The van der Waals surface area contributed by atoms with Crippen LogP contribution in [0.25, 0.3) is 5.82 Å². The molecule has 5 nitrogen and oxygen atoms in total. The van der Waals surface area contributed by atoms with Crippen LogP contribution in [-0.2, 0) is 12.8 Å². The Labute approximate surface area is 196 Å². The van der Waals surface area contributed by atoms with Crippen molar-refractivity contribution in [3.05, 3.63) is 89.0 Å². The van der Waals surface area contributed by atoms with Crippen LogP contribution < -0.4 is 5.32 Å². The van der Waals surface area contributed by atoms with E-state index in [0.29, 0.717) is 11.5 Å². The third kappa shape index (κ3) is 5.78. The number of allylic oxidation sites excluding steroid dienone is 1. The van der Waals surface area contributed by atoms with Crippen LogP contribution in [0, 0.1) is 31.1 Å². The second-order valence-electron chi connectivity index (χ2n) is 8.86. The van der Waals surface area contributed by atoms with Crippen molar-refractivity contribution >= 4 is 17.2 Å². The van der Waals surface area contributed by atoms with Gasteiger partial charge in [0.25, 0.3) is 0 Å². The van der Waals surface area contributed by atoms with Crippen molar-refractivity contribution in [1.82, 2.24) is 9.55 Å². The maximum Gasteiger partial charge on any atom is 0.133 e. The maximum absolute atomic E-state index is 9.51. The highest BCUT2D eigenvalue weighted by atomic mass is 15.1. The van der Waals surface area contributed by atoms with Crippen molar-refractivity contribution in [2.75, 3.05) is 11.9 Å². The number of nitriles is 1. The van der Waals surface area contributed by atoms with E-state index in [1.807, 2.05) is 36.5 Å². The topological polar surface area (TPSA) is 66.0 Å². The van der Waals surface area contributed by atoms with E-state index < -0.39 is 0 Å². The van der Waals surface area contributed by atoms with Gasteiger partial charge in [-0.05, 0) is 93.1 Å². The molecule has 0 saturated carbocycles. The first-order valence-electron chi connectivity index (χ1n) is 11.6. The fraction of sp³-hybridized carbons (Fsp3) is 0.321. The molecule has 0 radical (unpaired) electrons. The van der Waals surface area contributed by atoms with Gasteiger partial charge in [-0.1, -0.05) is 13.0 Å². The minimum atomic E-state index is 0.461. The highest BCUT2D eigenvalue weighted by Crippen LogP contribution is 2.26. The van der Waals surface area contributed by atoms with Crippen molar-refractivity contribution in [3.8, 4) is 6.07 Å². The first kappa shape index (κ1) is 22.5. The standard InChI is InChI=1S/C28H31N5/c1-20-14-26(32-28(15-20)33-21(2)7-8-22(33)3)10-9-23-16-24(19-29)18-27(17-23)31-13-11-25-6-4-5-12-30-25/h4-8,12,15-18,20,31H,9-11,13-14H2,1-3H3. The molecule has 1 N–H and O–H groups in total. The van der Waals surface area contributed by atoms with Crippen molar-refractivity contribution in [2.45, 2.75) is 46.5 Å². The van der Waals surface area contributed by atoms with Gasteiger partial charge < -0.3 is 9.88 Å². The molecule has 2 aromatic heterocycles. The zero-order chi connectivity index (χ0) is 23.2. The molecule has 0 saturated heterocycles. The summed E-state index contributed by atoms with van der Waals surface area (Å²) in [7, 11) is 0. The molecule has 0 bridgehead atoms. The monoisotopic (exact) mass is 437 g/mol. The Kier molecular flexibility index (Phi) is 7.04. The summed E-state index contributed by atoms with van der Waals surface area (Å²) in [5.41, 5.74) is 7.53. The Morgan fingerprint density at radius 2 is 1.88 bits per heavy atom. The van der Waals surface area contributed by atoms with E-state index in [1.54, 1.807) is 0 Å². The number of aliphatic imine (C=N–C) groups is 1. The number of aromatic nitrogens is 2. The van der Waals surface area contributed by atoms with Crippen LogP contribution in [0.3, 0.4) is 0 Å². The molecule has 1 aromatic carbocycles. The van der Waals surface area contributed by atoms with Gasteiger partial charge in [-0.3, -0.25) is 4.98 Å². The molecule has 0 aliphatic carbocycles. The summed E-state index contributed by atoms with van der Waals surface area (Å²) >= 11 is 0. The molecule has 1 aliphatic rings. The van der Waals surface area contributed by atoms with Gasteiger partial charge in [0.05, 0.1) is 11.6 Å². The van der Waals surface area contributed by atoms with Crippen LogP contribution in [0.4, 0.5) is 5.69 Å². The normalized spacial score (nSPS) is 15.5. The molecule has 3 aromatic rings. The lowest BCUT2D eigenvalue weighted by atomic mass is 9.96. The Morgan fingerprint density at radius 3 is 2.61 bits per heavy atom. The molecular formula is C28H31N5. The number of nitrogens with one attached hydrogen (secondary N) is 1. The predicted octanol–water partition coefficient (Wildman–Crippen LogP) is 5.94. The second kappa shape index (κ2) is 10.3. The minimum absolute atomic E-state index is 0.461. The molecule has 0 fully saturated rings. The number of benzene rings is 1. The number of aryl methyl sites for hydroxylation is 3. The summed E-state index contributed by atoms with van der Waals surface area (Å²) in [5.74, 6) is 1.49. The molecule has 1 unspecified atom stereocenters. The molecule has 1 aliphatic heterocycles. The Hall–Kier alpha value is -3.65. The highest BCUT2D eigenvalue weighted by Gasteiger charge is 2.16. The van der Waals surface area contributed by atoms with Gasteiger partial charge in [-0.25, -0.2) is 4.99 Å². The van der Waals surface area contributed by atoms with E-state index in [0.717, 1.165) is 55.0 Å². The number of hydrogen-bond acceptors (Lipinski definition) is 4. The second-order valence-corrected chi connectivity index (χ2v) is 8.86. The zero-order valence-electron chi connectivity index (χ0n) is 19.7. The van der Waals surface area contributed by atoms with Crippen LogP contribution in [0.5, 0.6) is 0 Å². The van der Waals surface area contributed by atoms with Crippen molar-refractivity contribution in [1.29, 1.82) is 5.26 Å². The number of pyridine rings is 1. The third-order valence-corrected chi connectivity index (χ3v) is 6.02. The highest BCUT2D eigenvalue weighted by molar-refractivity contribution is 5.90. The van der Waals surface area contributed by atoms with Crippen molar-refractivity contribution in [2.24, 2.45) is 10.9 Å². The zero-order valence-corrected chi connectivity index (χ0v) is 19.7. The van der Waals surface area contributed by atoms with E-state index in [4.69, 9.17) is 4.99 Å². The average Bonchev–Trinajstić information content (AvgIpc) is 3.15. The van der Waals surface area contributed by atoms with Crippen LogP contribution in [0.15, 0.2) is 65.8 Å². The largest absolute Gasteiger partial charge is 0.385 e. The summed E-state index contributed by atoms with van der Waals surface area (Å²) in [5, 5.41) is 13.0. The van der Waals surface area contributed by atoms with Gasteiger partial charge in [0.1, 0.15) is 5.82 Å². The molecule has 168 valence electrons. The van der Waals surface area contributed by atoms with Crippen molar-refractivity contribution in [3.63, 3.8) is 0 Å². The SMILES string of the molecule is Cc1ccc(C)n1C1=CC(C)CC(CCc2cc(C#N)cc(NCCc3ccccn3)c2)=N1. The predicted molar refractivity (Wildman–Crippen MR) is 135 cm³/mol. The smallest absolute Gasteiger partial charge is 0.133 e. The van der Waals surface area contributed by atoms with E-state index >= 15 is 0 Å². The number of nitrogens with zero attached hydrogens (tertiary/aromatic N) is 4. The Bertz CT molecular complexity index is 1190. The van der Waals surface area contributed by atoms with E-state index in [1.165, 1.54) is 17.1 Å². The van der Waals surface area contributed by atoms with E-state index in [-0.39, 0.29) is 0 Å². The lowest BCUT2D eigenvalue weighted by molar-refractivity contribution is 0.732. The fourth-order valence-electron chi connectivity index (χ4n) is 4.41. The molecular weight excluding hydrogens is 406 g/mol. The quantitative estimate of drug-likeness (QED) is 0.474. The number of rotatable bonds is 8. The van der Waals surface area contributed by atoms with Crippen LogP contribution in [0.2, 0.25) is 0 Å². The van der Waals surface area contributed by atoms with E-state index in [9.17, 15) is 5.26 Å². The maximum atomic E-state index is 9.51. The third-order valence-electron chi connectivity index (χ3n) is 6.02. The first-order valence-corrected chi connectivity index (χ1v) is 11.6. The Morgan fingerprint density at radius 1 is 1.06 bits per heavy atom. The number of hydrogen-bond donors (Lipinski definition) is 1. The summed E-state index contributed by atoms with van der Waals surface area (Å²) in [6.45, 7) is 7.28. The molecule has 3 heterocycles. The molecule has 5 heteroatoms. The van der Waals surface area contributed by atoms with Gasteiger partial charge in [-0.2, -0.15) is 5.26 Å². The molecule has 0 spiro atoms. The molecule has 1 atom stereocenters. The molecule has 33 heavy (non-hydrogen) atoms. The lowest BCUT2D eigenvalue weighted by Crippen LogP contribution is -2.14. The molecule has 0 amide bonds. The fourth-order valence-corrected chi connectivity index (χ4v) is 4.41. The minimum Gasteiger partial charge on any atom is -0.385 e. The van der Waals surface area contributed by atoms with Gasteiger partial charge in [0.15, 0.2) is 0 Å². The summed E-state index contributed by atoms with van der Waals surface area (Å²) < 4.78 is 2.23. The van der Waals surface area contributed by atoms with Gasteiger partial charge in [0.2, 0.25) is 0 Å². The van der Waals surface area contributed by atoms with Crippen molar-refractivity contribution < 1.29 is 0 Å².